The maximum atomic E-state index is 12.8. The predicted molar refractivity (Wildman–Crippen MR) is 98.0 cm³/mol. The number of methoxy groups -OCH3 is 1. The summed E-state index contributed by atoms with van der Waals surface area (Å²) in [6.07, 6.45) is 1.60. The Labute approximate surface area is 149 Å². The second-order valence-corrected chi connectivity index (χ2v) is 8.28. The van der Waals surface area contributed by atoms with E-state index in [0.29, 0.717) is 24.0 Å². The van der Waals surface area contributed by atoms with Crippen LogP contribution in [-0.2, 0) is 19.4 Å². The molecule has 0 bridgehead atoms. The van der Waals surface area contributed by atoms with Crippen molar-refractivity contribution in [3.05, 3.63) is 53.6 Å². The first-order valence-corrected chi connectivity index (χ1v) is 9.53. The van der Waals surface area contributed by atoms with Gasteiger partial charge < -0.3 is 9.84 Å². The summed E-state index contributed by atoms with van der Waals surface area (Å²) in [5.41, 5.74) is 2.25. The minimum absolute atomic E-state index is 0.0690. The lowest BCUT2D eigenvalue weighted by Crippen LogP contribution is -2.30. The number of carbonyl (C=O) groups is 1. The molecule has 5 nitrogen and oxygen atoms in total. The van der Waals surface area contributed by atoms with Crippen molar-refractivity contribution in [3.63, 3.8) is 0 Å². The summed E-state index contributed by atoms with van der Waals surface area (Å²) in [7, 11) is -2.75. The van der Waals surface area contributed by atoms with Gasteiger partial charge in [-0.1, -0.05) is 41.5 Å². The summed E-state index contributed by atoms with van der Waals surface area (Å²) in [6, 6.07) is 6.32. The summed E-state index contributed by atoms with van der Waals surface area (Å²) in [4.78, 5) is 12.1. The van der Waals surface area contributed by atoms with Crippen LogP contribution in [0.4, 0.5) is 0 Å². The van der Waals surface area contributed by atoms with Crippen molar-refractivity contribution >= 4 is 15.8 Å². The van der Waals surface area contributed by atoms with E-state index < -0.39 is 27.2 Å². The number of sulfone groups is 1. The molecule has 0 heterocycles. The Kier molecular flexibility index (Phi) is 7.58. The van der Waals surface area contributed by atoms with Crippen molar-refractivity contribution in [1.82, 2.24) is 0 Å². The normalized spacial score (nSPS) is 14.7. The fourth-order valence-corrected chi connectivity index (χ4v) is 3.80. The van der Waals surface area contributed by atoms with Crippen LogP contribution in [-0.4, -0.2) is 38.0 Å². The third-order valence-electron chi connectivity index (χ3n) is 3.93. The van der Waals surface area contributed by atoms with E-state index in [1.165, 1.54) is 18.2 Å². The van der Waals surface area contributed by atoms with Crippen LogP contribution in [0.5, 0.6) is 0 Å². The molecule has 0 amide bonds. The Morgan fingerprint density at radius 2 is 1.84 bits per heavy atom. The molecule has 0 aliphatic heterocycles. The molecule has 0 aliphatic rings. The maximum absolute atomic E-state index is 12.8. The molecule has 1 N–H and O–H groups in total. The Morgan fingerprint density at radius 1 is 1.28 bits per heavy atom. The zero-order chi connectivity index (χ0) is 19.2. The van der Waals surface area contributed by atoms with E-state index in [4.69, 9.17) is 0 Å². The van der Waals surface area contributed by atoms with Crippen LogP contribution in [0.1, 0.15) is 32.3 Å². The minimum atomic E-state index is -3.91. The summed E-state index contributed by atoms with van der Waals surface area (Å²) >= 11 is 0. The topological polar surface area (TPSA) is 80.7 Å². The Hall–Kier alpha value is -1.92. The third kappa shape index (κ3) is 5.83. The van der Waals surface area contributed by atoms with Gasteiger partial charge in [0.1, 0.15) is 0 Å². The first-order valence-electron chi connectivity index (χ1n) is 7.98. The first-order chi connectivity index (χ1) is 11.6. The standard InChI is InChI=1S/C19H26O5S/c1-13(2)17(20)11-8-15(4)12-18(19(21)24-5)25(22,23)16-9-6-14(3)7-10-16/h6-7,9-10,12,17-18,20H,1,8,11H2,2-5H3/b15-12+. The minimum Gasteiger partial charge on any atom is -0.468 e. The predicted octanol–water partition coefficient (Wildman–Crippen LogP) is 2.97. The summed E-state index contributed by atoms with van der Waals surface area (Å²) in [5, 5.41) is 8.38. The second kappa shape index (κ2) is 8.97. The van der Waals surface area contributed by atoms with E-state index >= 15 is 0 Å². The van der Waals surface area contributed by atoms with Gasteiger partial charge in [-0.2, -0.15) is 0 Å². The smallest absolute Gasteiger partial charge is 0.328 e. The van der Waals surface area contributed by atoms with Gasteiger partial charge in [-0.05, 0) is 45.7 Å². The molecule has 0 saturated carbocycles. The van der Waals surface area contributed by atoms with E-state index in [1.807, 2.05) is 6.92 Å². The molecule has 0 spiro atoms. The number of hydrogen-bond acceptors (Lipinski definition) is 5. The Balaban J connectivity index is 3.12. The van der Waals surface area contributed by atoms with Crippen molar-refractivity contribution in [2.75, 3.05) is 7.11 Å². The zero-order valence-corrected chi connectivity index (χ0v) is 16.0. The average molecular weight is 366 g/mol. The van der Waals surface area contributed by atoms with Crippen LogP contribution < -0.4 is 0 Å². The van der Waals surface area contributed by atoms with E-state index in [1.54, 1.807) is 26.0 Å². The van der Waals surface area contributed by atoms with Crippen molar-refractivity contribution in [2.45, 2.75) is 49.9 Å². The van der Waals surface area contributed by atoms with Crippen LogP contribution in [0.2, 0.25) is 0 Å². The van der Waals surface area contributed by atoms with Crippen LogP contribution in [0.3, 0.4) is 0 Å². The molecule has 0 fully saturated rings. The molecular weight excluding hydrogens is 340 g/mol. The van der Waals surface area contributed by atoms with Gasteiger partial charge in [-0.15, -0.1) is 0 Å². The van der Waals surface area contributed by atoms with Gasteiger partial charge in [0.05, 0.1) is 18.1 Å². The highest BCUT2D eigenvalue weighted by Gasteiger charge is 2.33. The van der Waals surface area contributed by atoms with Crippen LogP contribution in [0.15, 0.2) is 53.0 Å². The van der Waals surface area contributed by atoms with Crippen LogP contribution in [0, 0.1) is 6.92 Å². The summed E-state index contributed by atoms with van der Waals surface area (Å²) < 4.78 is 30.3. The molecule has 6 heteroatoms. The molecule has 1 aromatic rings. The van der Waals surface area contributed by atoms with E-state index in [-0.39, 0.29) is 4.90 Å². The number of benzene rings is 1. The zero-order valence-electron chi connectivity index (χ0n) is 15.2. The number of ether oxygens (including phenoxy) is 1. The van der Waals surface area contributed by atoms with Gasteiger partial charge in [0.2, 0.25) is 0 Å². The highest BCUT2D eigenvalue weighted by atomic mass is 32.2. The molecular formula is C19H26O5S. The number of esters is 1. The van der Waals surface area contributed by atoms with Crippen molar-refractivity contribution in [1.29, 1.82) is 0 Å². The summed E-state index contributed by atoms with van der Waals surface area (Å²) in [5.74, 6) is -0.833. The lowest BCUT2D eigenvalue weighted by molar-refractivity contribution is -0.139. The van der Waals surface area contributed by atoms with Crippen molar-refractivity contribution in [2.24, 2.45) is 0 Å². The SMILES string of the molecule is C=C(C)C(O)CC/C(C)=C/C(C(=O)OC)S(=O)(=O)c1ccc(C)cc1. The molecule has 2 unspecified atom stereocenters. The molecule has 2 atom stereocenters. The van der Waals surface area contributed by atoms with E-state index in [0.717, 1.165) is 12.7 Å². The van der Waals surface area contributed by atoms with E-state index in [2.05, 4.69) is 11.3 Å². The monoisotopic (exact) mass is 366 g/mol. The van der Waals surface area contributed by atoms with E-state index in [9.17, 15) is 18.3 Å². The largest absolute Gasteiger partial charge is 0.468 e. The van der Waals surface area contributed by atoms with Gasteiger partial charge in [0.15, 0.2) is 15.1 Å². The quantitative estimate of drug-likeness (QED) is 0.565. The number of aryl methyl sites for hydroxylation is 1. The maximum Gasteiger partial charge on any atom is 0.328 e. The molecule has 0 radical (unpaired) electrons. The molecule has 25 heavy (non-hydrogen) atoms. The fourth-order valence-electron chi connectivity index (χ4n) is 2.23. The first kappa shape index (κ1) is 21.1. The van der Waals surface area contributed by atoms with Crippen LogP contribution >= 0.6 is 0 Å². The highest BCUT2D eigenvalue weighted by molar-refractivity contribution is 7.93. The average Bonchev–Trinajstić information content (AvgIpc) is 2.56. The lowest BCUT2D eigenvalue weighted by Gasteiger charge is -2.15. The van der Waals surface area contributed by atoms with Gasteiger partial charge in [0.25, 0.3) is 0 Å². The molecule has 0 saturated heterocycles. The molecule has 1 rings (SSSR count). The lowest BCUT2D eigenvalue weighted by atomic mass is 10.0. The summed E-state index contributed by atoms with van der Waals surface area (Å²) in [6.45, 7) is 8.99. The molecule has 1 aromatic carbocycles. The number of hydrogen-bond donors (Lipinski definition) is 1. The van der Waals surface area contributed by atoms with Crippen molar-refractivity contribution < 1.29 is 23.1 Å². The number of rotatable bonds is 8. The number of aliphatic hydroxyl groups is 1. The number of carbonyl (C=O) groups excluding carboxylic acids is 1. The molecule has 138 valence electrons. The number of aliphatic hydroxyl groups excluding tert-OH is 1. The van der Waals surface area contributed by atoms with Crippen molar-refractivity contribution in [3.8, 4) is 0 Å². The highest BCUT2D eigenvalue weighted by Crippen LogP contribution is 2.21. The third-order valence-corrected chi connectivity index (χ3v) is 5.86. The molecule has 0 aromatic heterocycles. The second-order valence-electron chi connectivity index (χ2n) is 6.22. The Morgan fingerprint density at radius 3 is 2.32 bits per heavy atom. The van der Waals surface area contributed by atoms with Gasteiger partial charge >= 0.3 is 5.97 Å². The Bertz CT molecular complexity index is 745. The van der Waals surface area contributed by atoms with Gasteiger partial charge in [0, 0.05) is 0 Å². The number of allylic oxidation sites excluding steroid dienone is 1. The molecule has 0 aliphatic carbocycles. The van der Waals surface area contributed by atoms with Gasteiger partial charge in [-0.25, -0.2) is 8.42 Å². The van der Waals surface area contributed by atoms with Gasteiger partial charge in [-0.3, -0.25) is 4.79 Å². The van der Waals surface area contributed by atoms with Crippen LogP contribution in [0.25, 0.3) is 0 Å². The fraction of sp³-hybridized carbons (Fsp3) is 0.421.